The second kappa shape index (κ2) is 6.12. The molecule has 0 atom stereocenters. The zero-order valence-electron chi connectivity index (χ0n) is 9.98. The number of nitrogens with zero attached hydrogens (tertiary/aromatic N) is 1. The first-order valence-electron chi connectivity index (χ1n) is 5.48. The molecule has 0 radical (unpaired) electrons. The van der Waals surface area contributed by atoms with E-state index in [0.717, 1.165) is 12.1 Å². The lowest BCUT2D eigenvalue weighted by molar-refractivity contribution is -0.385. The second-order valence-electron chi connectivity index (χ2n) is 3.86. The SMILES string of the molecule is O=[N+]([O-])c1ccc(OCc2c(F)cccc2F)c(I)c1. The zero-order valence-corrected chi connectivity index (χ0v) is 12.1. The molecule has 4 nitrogen and oxygen atoms in total. The molecule has 7 heteroatoms. The van der Waals surface area contributed by atoms with Gasteiger partial charge in [0.2, 0.25) is 0 Å². The fraction of sp³-hybridized carbons (Fsp3) is 0.0769. The first-order chi connectivity index (χ1) is 9.49. The molecule has 0 heterocycles. The van der Waals surface area contributed by atoms with E-state index < -0.39 is 16.6 Å². The van der Waals surface area contributed by atoms with E-state index in [1.165, 1.54) is 24.3 Å². The van der Waals surface area contributed by atoms with Gasteiger partial charge in [-0.3, -0.25) is 10.1 Å². The Morgan fingerprint density at radius 2 is 1.85 bits per heavy atom. The number of hydrogen-bond acceptors (Lipinski definition) is 3. The maximum atomic E-state index is 13.4. The molecule has 0 aliphatic carbocycles. The van der Waals surface area contributed by atoms with Crippen molar-refractivity contribution in [3.05, 3.63) is 67.3 Å². The highest BCUT2D eigenvalue weighted by Gasteiger charge is 2.12. The van der Waals surface area contributed by atoms with E-state index >= 15 is 0 Å². The summed E-state index contributed by atoms with van der Waals surface area (Å²) < 4.78 is 32.6. The van der Waals surface area contributed by atoms with Crippen molar-refractivity contribution in [2.45, 2.75) is 6.61 Å². The van der Waals surface area contributed by atoms with Crippen molar-refractivity contribution < 1.29 is 18.4 Å². The highest BCUT2D eigenvalue weighted by molar-refractivity contribution is 14.1. The average Bonchev–Trinajstić information content (AvgIpc) is 2.39. The quantitative estimate of drug-likeness (QED) is 0.449. The number of nitro groups is 1. The number of ether oxygens (including phenoxy) is 1. The van der Waals surface area contributed by atoms with Crippen LogP contribution in [0.25, 0.3) is 0 Å². The Bertz CT molecular complexity index is 644. The first-order valence-corrected chi connectivity index (χ1v) is 6.56. The van der Waals surface area contributed by atoms with Gasteiger partial charge in [0.25, 0.3) is 5.69 Å². The summed E-state index contributed by atoms with van der Waals surface area (Å²) in [5, 5.41) is 10.6. The van der Waals surface area contributed by atoms with Crippen LogP contribution in [0, 0.1) is 25.3 Å². The van der Waals surface area contributed by atoms with Crippen LogP contribution in [0.3, 0.4) is 0 Å². The van der Waals surface area contributed by atoms with Crippen LogP contribution in [-0.2, 0) is 6.61 Å². The molecule has 2 aromatic carbocycles. The van der Waals surface area contributed by atoms with Crippen molar-refractivity contribution in [1.29, 1.82) is 0 Å². The third kappa shape index (κ3) is 3.21. The lowest BCUT2D eigenvalue weighted by Gasteiger charge is -2.09. The topological polar surface area (TPSA) is 52.4 Å². The van der Waals surface area contributed by atoms with E-state index in [1.807, 2.05) is 22.6 Å². The van der Waals surface area contributed by atoms with Crippen molar-refractivity contribution in [3.8, 4) is 5.75 Å². The number of non-ortho nitro benzene ring substituents is 1. The molecule has 0 aliphatic rings. The lowest BCUT2D eigenvalue weighted by atomic mass is 10.2. The van der Waals surface area contributed by atoms with Gasteiger partial charge in [0.1, 0.15) is 24.0 Å². The van der Waals surface area contributed by atoms with Gasteiger partial charge in [-0.1, -0.05) is 6.07 Å². The highest BCUT2D eigenvalue weighted by atomic mass is 127. The molecule has 104 valence electrons. The van der Waals surface area contributed by atoms with E-state index in [0.29, 0.717) is 9.32 Å². The van der Waals surface area contributed by atoms with Gasteiger partial charge in [0.15, 0.2) is 0 Å². The number of hydrogen-bond donors (Lipinski definition) is 0. The fourth-order valence-electron chi connectivity index (χ4n) is 1.54. The molecule has 2 aromatic rings. The van der Waals surface area contributed by atoms with Crippen LogP contribution in [0.1, 0.15) is 5.56 Å². The predicted octanol–water partition coefficient (Wildman–Crippen LogP) is 4.06. The molecule has 0 aliphatic heterocycles. The van der Waals surface area contributed by atoms with E-state index in [4.69, 9.17) is 4.74 Å². The van der Waals surface area contributed by atoms with Crippen LogP contribution in [0.15, 0.2) is 36.4 Å². The number of halogens is 3. The van der Waals surface area contributed by atoms with Gasteiger partial charge in [-0.05, 0) is 40.8 Å². The summed E-state index contributed by atoms with van der Waals surface area (Å²) in [6.45, 7) is -0.285. The third-order valence-corrected chi connectivity index (χ3v) is 3.40. The van der Waals surface area contributed by atoms with E-state index in [-0.39, 0.29) is 17.9 Å². The standard InChI is InChI=1S/C13H8F2INO3/c14-10-2-1-3-11(15)9(10)7-20-13-5-4-8(17(18)19)6-12(13)16/h1-6H,7H2. The third-order valence-electron chi connectivity index (χ3n) is 2.56. The van der Waals surface area contributed by atoms with Gasteiger partial charge in [-0.2, -0.15) is 0 Å². The normalized spacial score (nSPS) is 10.3. The summed E-state index contributed by atoms with van der Waals surface area (Å²) in [4.78, 5) is 10.1. The van der Waals surface area contributed by atoms with E-state index in [9.17, 15) is 18.9 Å². The minimum absolute atomic E-state index is 0.0705. The van der Waals surface area contributed by atoms with E-state index in [1.54, 1.807) is 0 Å². The average molecular weight is 391 g/mol. The Morgan fingerprint density at radius 3 is 2.40 bits per heavy atom. The Balaban J connectivity index is 2.17. The summed E-state index contributed by atoms with van der Waals surface area (Å²) >= 11 is 1.86. The maximum Gasteiger partial charge on any atom is 0.270 e. The van der Waals surface area contributed by atoms with Crippen LogP contribution in [-0.4, -0.2) is 4.92 Å². The number of rotatable bonds is 4. The zero-order chi connectivity index (χ0) is 14.7. The Morgan fingerprint density at radius 1 is 1.20 bits per heavy atom. The molecule has 0 amide bonds. The van der Waals surface area contributed by atoms with Crippen molar-refractivity contribution in [1.82, 2.24) is 0 Å². The van der Waals surface area contributed by atoms with Crippen LogP contribution in [0.4, 0.5) is 14.5 Å². The summed E-state index contributed by atoms with van der Waals surface area (Å²) in [5.41, 5.74) is -0.250. The monoisotopic (exact) mass is 391 g/mol. The largest absolute Gasteiger partial charge is 0.488 e. The van der Waals surface area contributed by atoms with Crippen LogP contribution >= 0.6 is 22.6 Å². The molecule has 20 heavy (non-hydrogen) atoms. The second-order valence-corrected chi connectivity index (χ2v) is 5.02. The molecule has 0 aromatic heterocycles. The molecule has 2 rings (SSSR count). The first kappa shape index (κ1) is 14.6. The van der Waals surface area contributed by atoms with Gasteiger partial charge in [0, 0.05) is 12.1 Å². The molecule has 0 fully saturated rings. The number of benzene rings is 2. The predicted molar refractivity (Wildman–Crippen MR) is 76.5 cm³/mol. The minimum atomic E-state index is -0.693. The molecule has 0 saturated heterocycles. The van der Waals surface area contributed by atoms with Crippen molar-refractivity contribution >= 4 is 28.3 Å². The highest BCUT2D eigenvalue weighted by Crippen LogP contribution is 2.26. The van der Waals surface area contributed by atoms with Gasteiger partial charge >= 0.3 is 0 Å². The van der Waals surface area contributed by atoms with Gasteiger partial charge < -0.3 is 4.74 Å². The van der Waals surface area contributed by atoms with Crippen LogP contribution < -0.4 is 4.74 Å². The summed E-state index contributed by atoms with van der Waals surface area (Å²) in [7, 11) is 0. The van der Waals surface area contributed by atoms with Gasteiger partial charge in [-0.15, -0.1) is 0 Å². The lowest BCUT2D eigenvalue weighted by Crippen LogP contribution is -2.03. The molecule has 0 spiro atoms. The van der Waals surface area contributed by atoms with Crippen molar-refractivity contribution in [3.63, 3.8) is 0 Å². The Labute approximate surface area is 126 Å². The van der Waals surface area contributed by atoms with Crippen molar-refractivity contribution in [2.24, 2.45) is 0 Å². The fourth-order valence-corrected chi connectivity index (χ4v) is 2.20. The molecule has 0 N–H and O–H groups in total. The molecular weight excluding hydrogens is 383 g/mol. The van der Waals surface area contributed by atoms with Gasteiger partial charge in [-0.25, -0.2) is 8.78 Å². The summed E-state index contributed by atoms with van der Waals surface area (Å²) in [5.74, 6) is -1.05. The maximum absolute atomic E-state index is 13.4. The van der Waals surface area contributed by atoms with Crippen LogP contribution in [0.2, 0.25) is 0 Å². The van der Waals surface area contributed by atoms with Crippen LogP contribution in [0.5, 0.6) is 5.75 Å². The number of nitro benzene ring substituents is 1. The van der Waals surface area contributed by atoms with E-state index in [2.05, 4.69) is 0 Å². The van der Waals surface area contributed by atoms with Crippen molar-refractivity contribution in [2.75, 3.05) is 0 Å². The molecular formula is C13H8F2INO3. The molecule has 0 saturated carbocycles. The Kier molecular flexibility index (Phi) is 4.48. The Hall–Kier alpha value is -1.77. The summed E-state index contributed by atoms with van der Waals surface area (Å²) in [6, 6.07) is 7.55. The van der Waals surface area contributed by atoms with Gasteiger partial charge in [0.05, 0.1) is 14.1 Å². The minimum Gasteiger partial charge on any atom is -0.488 e. The summed E-state index contributed by atoms with van der Waals surface area (Å²) in [6.07, 6.45) is 0. The smallest absolute Gasteiger partial charge is 0.270 e. The molecule has 0 unspecified atom stereocenters. The molecule has 0 bridgehead atoms.